The highest BCUT2D eigenvalue weighted by Gasteiger charge is 2.42. The number of phenolic OH excluding ortho intramolecular Hbond substituents is 1. The number of nitrogens with one attached hydrogen (secondary N) is 1. The second kappa shape index (κ2) is 8.32. The van der Waals surface area contributed by atoms with Crippen molar-refractivity contribution in [3.63, 3.8) is 0 Å². The third kappa shape index (κ3) is 3.49. The molecular weight excluding hydrogens is 440 g/mol. The smallest absolute Gasteiger partial charge is 0.174 e. The summed E-state index contributed by atoms with van der Waals surface area (Å²) < 4.78 is 2.22. The van der Waals surface area contributed by atoms with E-state index < -0.39 is 0 Å². The fourth-order valence-electron chi connectivity index (χ4n) is 4.74. The van der Waals surface area contributed by atoms with Gasteiger partial charge in [0.15, 0.2) is 5.11 Å². The van der Waals surface area contributed by atoms with Gasteiger partial charge in [-0.1, -0.05) is 36.4 Å². The molecule has 1 fully saturated rings. The van der Waals surface area contributed by atoms with E-state index in [4.69, 9.17) is 12.2 Å². The molecule has 3 heterocycles. The number of aromatic nitrogens is 2. The van der Waals surface area contributed by atoms with Gasteiger partial charge >= 0.3 is 0 Å². The second-order valence-corrected chi connectivity index (χ2v) is 8.73. The molecule has 0 bridgehead atoms. The molecule has 5 aromatic rings. The topological polar surface area (TPSA) is 53.3 Å². The minimum atomic E-state index is -0.145. The SMILES string of the molecule is Oc1ccc(N2C(=S)N[C@H](c3ccccn3)[C@H]2c2cccn2-c2ccc3ccccc3c2)cc1. The molecular formula is C28H22N4OS. The molecule has 2 aromatic heterocycles. The van der Waals surface area contributed by atoms with Crippen molar-refractivity contribution in [1.29, 1.82) is 0 Å². The van der Waals surface area contributed by atoms with Crippen molar-refractivity contribution in [1.82, 2.24) is 14.9 Å². The second-order valence-electron chi connectivity index (χ2n) is 8.35. The normalized spacial score (nSPS) is 17.8. The zero-order valence-corrected chi connectivity index (χ0v) is 19.1. The Morgan fingerprint density at radius 1 is 0.794 bits per heavy atom. The maximum absolute atomic E-state index is 9.84. The van der Waals surface area contributed by atoms with Crippen LogP contribution in [0.3, 0.4) is 0 Å². The van der Waals surface area contributed by atoms with E-state index >= 15 is 0 Å². The Morgan fingerprint density at radius 2 is 1.56 bits per heavy atom. The highest BCUT2D eigenvalue weighted by atomic mass is 32.1. The van der Waals surface area contributed by atoms with Crippen molar-refractivity contribution >= 4 is 33.8 Å². The van der Waals surface area contributed by atoms with Crippen LogP contribution in [0.25, 0.3) is 16.5 Å². The summed E-state index contributed by atoms with van der Waals surface area (Å²) in [6.07, 6.45) is 3.90. The van der Waals surface area contributed by atoms with Gasteiger partial charge in [0.1, 0.15) is 11.8 Å². The summed E-state index contributed by atoms with van der Waals surface area (Å²) in [5, 5.41) is 16.4. The first kappa shape index (κ1) is 20.4. The molecule has 6 heteroatoms. The Bertz CT molecular complexity index is 1480. The lowest BCUT2D eigenvalue weighted by Crippen LogP contribution is -2.30. The number of nitrogens with zero attached hydrogens (tertiary/aromatic N) is 3. The first-order chi connectivity index (χ1) is 16.7. The molecule has 0 saturated carbocycles. The van der Waals surface area contributed by atoms with E-state index in [0.717, 1.165) is 22.8 Å². The van der Waals surface area contributed by atoms with Gasteiger partial charge < -0.3 is 19.9 Å². The fourth-order valence-corrected chi connectivity index (χ4v) is 5.09. The highest BCUT2D eigenvalue weighted by Crippen LogP contribution is 2.42. The van der Waals surface area contributed by atoms with E-state index in [2.05, 4.69) is 80.6 Å². The molecule has 1 aliphatic rings. The Hall–Kier alpha value is -4.16. The van der Waals surface area contributed by atoms with Gasteiger partial charge in [-0.15, -0.1) is 0 Å². The highest BCUT2D eigenvalue weighted by molar-refractivity contribution is 7.80. The molecule has 1 saturated heterocycles. The number of thiocarbonyl (C=S) groups is 1. The molecule has 2 atom stereocenters. The van der Waals surface area contributed by atoms with E-state index in [9.17, 15) is 5.11 Å². The summed E-state index contributed by atoms with van der Waals surface area (Å²) in [5.41, 5.74) is 4.00. The number of anilines is 1. The summed E-state index contributed by atoms with van der Waals surface area (Å²) in [6, 6.07) is 31.9. The third-order valence-corrected chi connectivity index (χ3v) is 6.64. The molecule has 3 aromatic carbocycles. The molecule has 2 N–H and O–H groups in total. The van der Waals surface area contributed by atoms with Gasteiger partial charge in [-0.3, -0.25) is 4.98 Å². The first-order valence-electron chi connectivity index (χ1n) is 11.2. The molecule has 0 radical (unpaired) electrons. The van der Waals surface area contributed by atoms with Crippen LogP contribution < -0.4 is 10.2 Å². The van der Waals surface area contributed by atoms with Crippen molar-refractivity contribution in [2.45, 2.75) is 12.1 Å². The minimum Gasteiger partial charge on any atom is -0.508 e. The van der Waals surface area contributed by atoms with Gasteiger partial charge in [0.25, 0.3) is 0 Å². The van der Waals surface area contributed by atoms with Crippen molar-refractivity contribution in [2.24, 2.45) is 0 Å². The van der Waals surface area contributed by atoms with Crippen LogP contribution >= 0.6 is 12.2 Å². The molecule has 1 aliphatic heterocycles. The average Bonchev–Trinajstić information content (AvgIpc) is 3.49. The van der Waals surface area contributed by atoms with Gasteiger partial charge in [-0.2, -0.15) is 0 Å². The number of fused-ring (bicyclic) bond motifs is 1. The Kier molecular flexibility index (Phi) is 5.00. The third-order valence-electron chi connectivity index (χ3n) is 6.32. The first-order valence-corrected chi connectivity index (χ1v) is 11.6. The van der Waals surface area contributed by atoms with Gasteiger partial charge in [0.05, 0.1) is 11.7 Å². The molecule has 166 valence electrons. The summed E-state index contributed by atoms with van der Waals surface area (Å²) in [5.74, 6) is 0.221. The summed E-state index contributed by atoms with van der Waals surface area (Å²) in [6.45, 7) is 0. The van der Waals surface area contributed by atoms with Crippen LogP contribution in [0.15, 0.2) is 109 Å². The molecule has 0 unspecified atom stereocenters. The molecule has 0 aliphatic carbocycles. The van der Waals surface area contributed by atoms with Crippen molar-refractivity contribution in [3.05, 3.63) is 121 Å². The quantitative estimate of drug-likeness (QED) is 0.325. The minimum absolute atomic E-state index is 0.142. The van der Waals surface area contributed by atoms with Crippen molar-refractivity contribution in [3.8, 4) is 11.4 Å². The standard InChI is InChI=1S/C28H22N4OS/c33-23-14-12-21(13-15-23)32-27(26(30-28(32)34)24-8-3-4-16-29-24)25-9-5-17-31(25)22-11-10-19-6-1-2-7-20(19)18-22/h1-18,26-27,33H,(H,30,34)/t26-,27-/m1/s1. The van der Waals surface area contributed by atoms with E-state index in [1.54, 1.807) is 12.1 Å². The number of aromatic hydroxyl groups is 1. The Balaban J connectivity index is 1.51. The largest absolute Gasteiger partial charge is 0.508 e. The number of hydrogen-bond donors (Lipinski definition) is 2. The molecule has 0 amide bonds. The van der Waals surface area contributed by atoms with Crippen molar-refractivity contribution in [2.75, 3.05) is 4.90 Å². The van der Waals surface area contributed by atoms with E-state index in [1.165, 1.54) is 10.8 Å². The van der Waals surface area contributed by atoms with Gasteiger partial charge in [-0.05, 0) is 83.7 Å². The molecule has 34 heavy (non-hydrogen) atoms. The Labute approximate surface area is 202 Å². The van der Waals surface area contributed by atoms with Gasteiger partial charge in [0, 0.05) is 29.5 Å². The number of phenols is 1. The molecule has 0 spiro atoms. The van der Waals surface area contributed by atoms with Gasteiger partial charge in [0.2, 0.25) is 0 Å². The maximum atomic E-state index is 9.84. The molecule has 6 rings (SSSR count). The lowest BCUT2D eigenvalue weighted by atomic mass is 10.0. The van der Waals surface area contributed by atoms with Crippen LogP contribution in [0.5, 0.6) is 5.75 Å². The lowest BCUT2D eigenvalue weighted by Gasteiger charge is -2.29. The summed E-state index contributed by atoms with van der Waals surface area (Å²) in [4.78, 5) is 6.75. The van der Waals surface area contributed by atoms with Crippen LogP contribution in [0.2, 0.25) is 0 Å². The lowest BCUT2D eigenvalue weighted by molar-refractivity contribution is 0.475. The Morgan fingerprint density at radius 3 is 2.35 bits per heavy atom. The van der Waals surface area contributed by atoms with Crippen LogP contribution in [0, 0.1) is 0 Å². The number of pyridine rings is 1. The zero-order chi connectivity index (χ0) is 23.1. The van der Waals surface area contributed by atoms with Crippen LogP contribution in [-0.4, -0.2) is 19.8 Å². The van der Waals surface area contributed by atoms with Crippen molar-refractivity contribution < 1.29 is 5.11 Å². The van der Waals surface area contributed by atoms with Crippen LogP contribution in [-0.2, 0) is 0 Å². The van der Waals surface area contributed by atoms with Gasteiger partial charge in [-0.25, -0.2) is 0 Å². The maximum Gasteiger partial charge on any atom is 0.174 e. The number of hydrogen-bond acceptors (Lipinski definition) is 3. The predicted molar refractivity (Wildman–Crippen MR) is 139 cm³/mol. The van der Waals surface area contributed by atoms with Crippen LogP contribution in [0.4, 0.5) is 5.69 Å². The molecule has 5 nitrogen and oxygen atoms in total. The fraction of sp³-hybridized carbons (Fsp3) is 0.0714. The van der Waals surface area contributed by atoms with E-state index in [-0.39, 0.29) is 17.8 Å². The summed E-state index contributed by atoms with van der Waals surface area (Å²) in [7, 11) is 0. The monoisotopic (exact) mass is 462 g/mol. The van der Waals surface area contributed by atoms with Crippen LogP contribution in [0.1, 0.15) is 23.5 Å². The average molecular weight is 463 g/mol. The summed E-state index contributed by atoms with van der Waals surface area (Å²) >= 11 is 5.82. The number of rotatable bonds is 4. The zero-order valence-electron chi connectivity index (χ0n) is 18.2. The van der Waals surface area contributed by atoms with E-state index in [1.807, 2.05) is 36.5 Å². The number of benzene rings is 3. The predicted octanol–water partition coefficient (Wildman–Crippen LogP) is 5.91. The van der Waals surface area contributed by atoms with E-state index in [0.29, 0.717) is 5.11 Å².